The summed E-state index contributed by atoms with van der Waals surface area (Å²) in [6.07, 6.45) is 3.84. The number of ether oxygens (including phenoxy) is 1. The zero-order chi connectivity index (χ0) is 14.9. The van der Waals surface area contributed by atoms with E-state index in [-0.39, 0.29) is 11.8 Å². The minimum atomic E-state index is -0.140. The molecule has 1 amide bonds. The van der Waals surface area contributed by atoms with Crippen LogP contribution in [0.1, 0.15) is 24.8 Å². The van der Waals surface area contributed by atoms with E-state index >= 15 is 0 Å². The van der Waals surface area contributed by atoms with Crippen LogP contribution in [0.2, 0.25) is 0 Å². The van der Waals surface area contributed by atoms with E-state index in [1.807, 2.05) is 6.07 Å². The number of carbonyl (C=O) groups excluding carboxylic acids is 1. The van der Waals surface area contributed by atoms with Crippen molar-refractivity contribution < 1.29 is 9.53 Å². The zero-order valence-corrected chi connectivity index (χ0v) is 12.7. The lowest BCUT2D eigenvalue weighted by Gasteiger charge is -2.30. The van der Waals surface area contributed by atoms with Gasteiger partial charge in [-0.1, -0.05) is 30.3 Å². The maximum Gasteiger partial charge on any atom is 0.220 e. The lowest BCUT2D eigenvalue weighted by Crippen LogP contribution is -2.39. The predicted molar refractivity (Wildman–Crippen MR) is 83.9 cm³/mol. The summed E-state index contributed by atoms with van der Waals surface area (Å²) < 4.78 is 5.69. The van der Waals surface area contributed by atoms with Gasteiger partial charge >= 0.3 is 0 Å². The average Bonchev–Trinajstić information content (AvgIpc) is 2.52. The van der Waals surface area contributed by atoms with E-state index in [0.717, 1.165) is 58.5 Å². The average molecular weight is 290 g/mol. The van der Waals surface area contributed by atoms with Crippen LogP contribution in [0.5, 0.6) is 0 Å². The highest BCUT2D eigenvalue weighted by molar-refractivity contribution is 5.76. The normalized spacial score (nSPS) is 17.0. The van der Waals surface area contributed by atoms with Crippen LogP contribution in [0.4, 0.5) is 0 Å². The Labute approximate surface area is 127 Å². The van der Waals surface area contributed by atoms with Crippen molar-refractivity contribution >= 4 is 5.91 Å². The second-order valence-corrected chi connectivity index (χ2v) is 5.72. The third-order valence-corrected chi connectivity index (χ3v) is 4.13. The van der Waals surface area contributed by atoms with Gasteiger partial charge < -0.3 is 15.4 Å². The molecule has 2 N–H and O–H groups in total. The Bertz CT molecular complexity index is 414. The summed E-state index contributed by atoms with van der Waals surface area (Å²) in [5, 5.41) is 0. The number of hydrogen-bond donors (Lipinski definition) is 1. The molecule has 1 heterocycles. The summed E-state index contributed by atoms with van der Waals surface area (Å²) in [5.41, 5.74) is 6.66. The second kappa shape index (κ2) is 8.80. The number of nitrogens with two attached hydrogens (primary N) is 1. The van der Waals surface area contributed by atoms with Gasteiger partial charge in [0, 0.05) is 19.1 Å². The van der Waals surface area contributed by atoms with Crippen molar-refractivity contribution in [3.63, 3.8) is 0 Å². The van der Waals surface area contributed by atoms with Crippen LogP contribution in [0.15, 0.2) is 30.3 Å². The number of benzene rings is 1. The van der Waals surface area contributed by atoms with E-state index < -0.39 is 0 Å². The molecule has 1 fully saturated rings. The fraction of sp³-hybridized carbons (Fsp3) is 0.588. The summed E-state index contributed by atoms with van der Waals surface area (Å²) in [4.78, 5) is 13.5. The van der Waals surface area contributed by atoms with Crippen LogP contribution in [0.25, 0.3) is 0 Å². The molecule has 1 aromatic carbocycles. The summed E-state index contributed by atoms with van der Waals surface area (Å²) in [5.74, 6) is -0.0535. The number of primary amides is 1. The Kier molecular flexibility index (Phi) is 6.70. The van der Waals surface area contributed by atoms with Gasteiger partial charge in [-0.15, -0.1) is 0 Å². The lowest BCUT2D eigenvalue weighted by atomic mass is 9.96. The van der Waals surface area contributed by atoms with Gasteiger partial charge in [-0.25, -0.2) is 0 Å². The maximum atomic E-state index is 11.1. The van der Waals surface area contributed by atoms with Crippen molar-refractivity contribution in [3.8, 4) is 0 Å². The SMILES string of the molecule is NC(=O)C1CCN(CCCOCCc2ccccc2)CC1. The molecule has 0 unspecified atom stereocenters. The first kappa shape index (κ1) is 16.0. The molecule has 0 aromatic heterocycles. The predicted octanol–water partition coefficient (Wildman–Crippen LogP) is 1.83. The molecule has 0 aliphatic carbocycles. The number of rotatable bonds is 8. The largest absolute Gasteiger partial charge is 0.381 e. The van der Waals surface area contributed by atoms with Crippen LogP contribution in [-0.4, -0.2) is 43.7 Å². The molecule has 4 heteroatoms. The summed E-state index contributed by atoms with van der Waals surface area (Å²) in [6.45, 7) is 4.61. The fourth-order valence-corrected chi connectivity index (χ4v) is 2.77. The van der Waals surface area contributed by atoms with Crippen molar-refractivity contribution in [2.75, 3.05) is 32.8 Å². The maximum absolute atomic E-state index is 11.1. The van der Waals surface area contributed by atoms with E-state index in [1.54, 1.807) is 0 Å². The zero-order valence-electron chi connectivity index (χ0n) is 12.7. The van der Waals surface area contributed by atoms with Crippen LogP contribution in [0, 0.1) is 5.92 Å². The first-order valence-corrected chi connectivity index (χ1v) is 7.89. The monoisotopic (exact) mass is 290 g/mol. The first-order chi connectivity index (χ1) is 10.3. The number of carbonyl (C=O) groups is 1. The fourth-order valence-electron chi connectivity index (χ4n) is 2.77. The Morgan fingerprint density at radius 1 is 1.19 bits per heavy atom. The Morgan fingerprint density at radius 2 is 1.90 bits per heavy atom. The smallest absolute Gasteiger partial charge is 0.220 e. The molecule has 0 atom stereocenters. The second-order valence-electron chi connectivity index (χ2n) is 5.72. The van der Waals surface area contributed by atoms with Gasteiger partial charge in [0.15, 0.2) is 0 Å². The Balaban J connectivity index is 1.48. The van der Waals surface area contributed by atoms with Gasteiger partial charge in [-0.2, -0.15) is 0 Å². The first-order valence-electron chi connectivity index (χ1n) is 7.89. The Hall–Kier alpha value is -1.39. The molecule has 0 spiro atoms. The van der Waals surface area contributed by atoms with Crippen LogP contribution >= 0.6 is 0 Å². The van der Waals surface area contributed by atoms with Gasteiger partial charge in [-0.3, -0.25) is 4.79 Å². The van der Waals surface area contributed by atoms with Crippen LogP contribution in [-0.2, 0) is 16.0 Å². The molecular formula is C17H26N2O2. The molecule has 1 aliphatic heterocycles. The summed E-state index contributed by atoms with van der Waals surface area (Å²) in [7, 11) is 0. The van der Waals surface area contributed by atoms with Crippen LogP contribution in [0.3, 0.4) is 0 Å². The summed E-state index contributed by atoms with van der Waals surface area (Å²) in [6, 6.07) is 10.4. The van der Waals surface area contributed by atoms with Crippen molar-refractivity contribution in [3.05, 3.63) is 35.9 Å². The molecule has 4 nitrogen and oxygen atoms in total. The highest BCUT2D eigenvalue weighted by Crippen LogP contribution is 2.16. The molecular weight excluding hydrogens is 264 g/mol. The molecule has 116 valence electrons. The van der Waals surface area contributed by atoms with Crippen LogP contribution < -0.4 is 5.73 Å². The lowest BCUT2D eigenvalue weighted by molar-refractivity contribution is -0.123. The number of nitrogens with zero attached hydrogens (tertiary/aromatic N) is 1. The van der Waals surface area contributed by atoms with Gasteiger partial charge in [0.05, 0.1) is 6.61 Å². The van der Waals surface area contributed by atoms with E-state index in [2.05, 4.69) is 29.2 Å². The van der Waals surface area contributed by atoms with Crippen molar-refractivity contribution in [2.24, 2.45) is 11.7 Å². The van der Waals surface area contributed by atoms with Crippen molar-refractivity contribution in [2.45, 2.75) is 25.7 Å². The third kappa shape index (κ3) is 5.86. The van der Waals surface area contributed by atoms with Crippen molar-refractivity contribution in [1.82, 2.24) is 4.90 Å². The molecule has 21 heavy (non-hydrogen) atoms. The summed E-state index contributed by atoms with van der Waals surface area (Å²) >= 11 is 0. The van der Waals surface area contributed by atoms with E-state index in [1.165, 1.54) is 5.56 Å². The standard InChI is InChI=1S/C17H26N2O2/c18-17(20)16-7-11-19(12-8-16)10-4-13-21-14-9-15-5-2-1-3-6-15/h1-3,5-6,16H,4,7-14H2,(H2,18,20). The molecule has 0 radical (unpaired) electrons. The van der Waals surface area contributed by atoms with Crippen molar-refractivity contribution in [1.29, 1.82) is 0 Å². The van der Waals surface area contributed by atoms with Gasteiger partial charge in [-0.05, 0) is 44.3 Å². The molecule has 1 aliphatic rings. The topological polar surface area (TPSA) is 55.6 Å². The minimum Gasteiger partial charge on any atom is -0.381 e. The number of amides is 1. The van der Waals surface area contributed by atoms with Gasteiger partial charge in [0.25, 0.3) is 0 Å². The highest BCUT2D eigenvalue weighted by Gasteiger charge is 2.22. The number of likely N-dealkylation sites (tertiary alicyclic amines) is 1. The molecule has 1 aromatic rings. The molecule has 1 saturated heterocycles. The number of hydrogen-bond acceptors (Lipinski definition) is 3. The molecule has 0 bridgehead atoms. The number of piperidine rings is 1. The van der Waals surface area contributed by atoms with E-state index in [9.17, 15) is 4.79 Å². The van der Waals surface area contributed by atoms with Gasteiger partial charge in [0.1, 0.15) is 0 Å². The molecule has 2 rings (SSSR count). The minimum absolute atomic E-state index is 0.0865. The highest BCUT2D eigenvalue weighted by atomic mass is 16.5. The van der Waals surface area contributed by atoms with E-state index in [4.69, 9.17) is 10.5 Å². The Morgan fingerprint density at radius 3 is 2.57 bits per heavy atom. The third-order valence-electron chi connectivity index (χ3n) is 4.13. The molecule has 0 saturated carbocycles. The van der Waals surface area contributed by atoms with E-state index in [0.29, 0.717) is 0 Å². The quantitative estimate of drug-likeness (QED) is 0.743. The van der Waals surface area contributed by atoms with Gasteiger partial charge in [0.2, 0.25) is 5.91 Å².